The van der Waals surface area contributed by atoms with Crippen molar-refractivity contribution >= 4 is 0 Å². The molecule has 0 nitrogen and oxygen atoms in total. The third-order valence-electron chi connectivity index (χ3n) is 0.788. The number of allylic oxidation sites excluding steroid dienone is 1. The molecule has 41 valence electrons. The zero-order valence-electron chi connectivity index (χ0n) is 4.58. The van der Waals surface area contributed by atoms with E-state index in [4.69, 9.17) is 0 Å². The Hall–Kier alpha value is -0.330. The lowest BCUT2D eigenvalue weighted by molar-refractivity contribution is 0.385. The molecule has 0 aliphatic carbocycles. The smallest absolute Gasteiger partial charge is 0.121 e. The van der Waals surface area contributed by atoms with Crippen molar-refractivity contribution in [2.45, 2.75) is 19.5 Å². The predicted octanol–water partition coefficient (Wildman–Crippen LogP) is 2.12. The topological polar surface area (TPSA) is 0 Å². The molecule has 0 spiro atoms. The lowest BCUT2D eigenvalue weighted by Gasteiger charge is -1.99. The largest absolute Gasteiger partial charge is 0.243 e. The number of hydrogen-bond acceptors (Lipinski definition) is 0. The van der Waals surface area contributed by atoms with Gasteiger partial charge in [0, 0.05) is 0 Å². The van der Waals surface area contributed by atoms with E-state index in [2.05, 4.69) is 13.5 Å². The van der Waals surface area contributed by atoms with Gasteiger partial charge in [-0.25, -0.2) is 4.39 Å². The van der Waals surface area contributed by atoms with Gasteiger partial charge in [-0.05, 0) is 18.9 Å². The maximum absolute atomic E-state index is 12.1. The Morgan fingerprint density at radius 2 is 2.29 bits per heavy atom. The van der Waals surface area contributed by atoms with Crippen molar-refractivity contribution in [3.63, 3.8) is 0 Å². The molecule has 1 heteroatoms. The van der Waals surface area contributed by atoms with E-state index in [1.807, 2.05) is 0 Å². The molecule has 0 aromatic carbocycles. The Kier molecular flexibility index (Phi) is 2.65. The van der Waals surface area contributed by atoms with Crippen molar-refractivity contribution in [3.8, 4) is 0 Å². The van der Waals surface area contributed by atoms with Crippen LogP contribution in [0.5, 0.6) is 0 Å². The Morgan fingerprint density at radius 3 is 2.29 bits per heavy atom. The molecule has 0 N–H and O–H groups in total. The van der Waals surface area contributed by atoms with Gasteiger partial charge < -0.3 is 0 Å². The molecule has 1 unspecified atom stereocenters. The summed E-state index contributed by atoms with van der Waals surface area (Å²) in [6, 6.07) is 0. The zero-order valence-corrected chi connectivity index (χ0v) is 4.58. The van der Waals surface area contributed by atoms with Crippen molar-refractivity contribution in [2.24, 2.45) is 0 Å². The Bertz CT molecular complexity index is 66.6. The molecular formula is C6H10F. The fraction of sp³-hybridized carbons (Fsp3) is 0.500. The van der Waals surface area contributed by atoms with Crippen LogP contribution in [0.2, 0.25) is 0 Å². The quantitative estimate of drug-likeness (QED) is 0.467. The highest BCUT2D eigenvalue weighted by molar-refractivity contribution is 4.96. The van der Waals surface area contributed by atoms with E-state index in [1.54, 1.807) is 6.92 Å². The number of halogens is 1. The summed E-state index contributed by atoms with van der Waals surface area (Å²) in [6.07, 6.45) is -0.602. The van der Waals surface area contributed by atoms with E-state index in [9.17, 15) is 4.39 Å². The second-order valence-corrected chi connectivity index (χ2v) is 1.60. The molecule has 0 saturated heterocycles. The van der Waals surface area contributed by atoms with Crippen LogP contribution in [-0.4, -0.2) is 6.17 Å². The monoisotopic (exact) mass is 101 g/mol. The molecule has 0 aliphatic rings. The molecular weight excluding hydrogens is 91.1 g/mol. The van der Waals surface area contributed by atoms with E-state index >= 15 is 0 Å². The van der Waals surface area contributed by atoms with E-state index in [-0.39, 0.29) is 0 Å². The van der Waals surface area contributed by atoms with Crippen molar-refractivity contribution in [3.05, 3.63) is 19.1 Å². The fourth-order valence-electron chi connectivity index (χ4n) is 0.246. The Balaban J connectivity index is 3.34. The van der Waals surface area contributed by atoms with Crippen molar-refractivity contribution in [1.29, 1.82) is 0 Å². The van der Waals surface area contributed by atoms with Gasteiger partial charge in [0.2, 0.25) is 0 Å². The minimum Gasteiger partial charge on any atom is -0.243 e. The molecule has 0 aromatic rings. The lowest BCUT2D eigenvalue weighted by atomic mass is 10.2. The first kappa shape index (κ1) is 6.67. The maximum Gasteiger partial charge on any atom is 0.121 e. The van der Waals surface area contributed by atoms with Gasteiger partial charge in [0.1, 0.15) is 6.17 Å². The average molecular weight is 101 g/mol. The standard InChI is InChI=1S/C6H10F/c1-4-6(7)5(2)3/h6H,1-2,4H2,3H3. The van der Waals surface area contributed by atoms with Gasteiger partial charge in [0.25, 0.3) is 0 Å². The van der Waals surface area contributed by atoms with E-state index in [0.717, 1.165) is 0 Å². The molecule has 0 amide bonds. The highest BCUT2D eigenvalue weighted by Crippen LogP contribution is 2.05. The van der Waals surface area contributed by atoms with Crippen LogP contribution in [0.15, 0.2) is 12.2 Å². The van der Waals surface area contributed by atoms with Gasteiger partial charge in [-0.2, -0.15) is 0 Å². The third-order valence-corrected chi connectivity index (χ3v) is 0.788. The van der Waals surface area contributed by atoms with Crippen molar-refractivity contribution in [1.82, 2.24) is 0 Å². The van der Waals surface area contributed by atoms with E-state index < -0.39 is 6.17 Å². The first-order chi connectivity index (χ1) is 3.18. The van der Waals surface area contributed by atoms with Crippen LogP contribution in [-0.2, 0) is 0 Å². The summed E-state index contributed by atoms with van der Waals surface area (Å²) in [7, 11) is 0. The van der Waals surface area contributed by atoms with Crippen molar-refractivity contribution < 1.29 is 4.39 Å². The summed E-state index contributed by atoms with van der Waals surface area (Å²) in [6.45, 7) is 8.44. The Morgan fingerprint density at radius 1 is 1.86 bits per heavy atom. The molecule has 1 radical (unpaired) electrons. The van der Waals surface area contributed by atoms with Gasteiger partial charge in [-0.15, -0.1) is 0 Å². The molecule has 0 saturated carbocycles. The van der Waals surface area contributed by atoms with Crippen molar-refractivity contribution in [2.75, 3.05) is 0 Å². The van der Waals surface area contributed by atoms with Crippen LogP contribution in [0, 0.1) is 6.92 Å². The van der Waals surface area contributed by atoms with Gasteiger partial charge >= 0.3 is 0 Å². The summed E-state index contributed by atoms with van der Waals surface area (Å²) < 4.78 is 12.1. The van der Waals surface area contributed by atoms with Crippen LogP contribution < -0.4 is 0 Å². The SMILES string of the molecule is [CH2]CC(F)C(=C)C. The summed E-state index contributed by atoms with van der Waals surface area (Å²) >= 11 is 0. The fourth-order valence-corrected chi connectivity index (χ4v) is 0.246. The molecule has 0 rings (SSSR count). The minimum absolute atomic E-state index is 0.301. The highest BCUT2D eigenvalue weighted by Gasteiger charge is 1.99. The third kappa shape index (κ3) is 2.38. The Labute approximate surface area is 44.0 Å². The highest BCUT2D eigenvalue weighted by atomic mass is 19.1. The molecule has 0 aliphatic heterocycles. The summed E-state index contributed by atoms with van der Waals surface area (Å²) in [4.78, 5) is 0. The van der Waals surface area contributed by atoms with Gasteiger partial charge in [-0.3, -0.25) is 0 Å². The summed E-state index contributed by atoms with van der Waals surface area (Å²) in [5.74, 6) is 0. The normalized spacial score (nSPS) is 13.6. The van der Waals surface area contributed by atoms with Crippen LogP contribution in [0.3, 0.4) is 0 Å². The molecule has 1 atom stereocenters. The number of rotatable bonds is 2. The molecule has 0 bridgehead atoms. The summed E-state index contributed by atoms with van der Waals surface area (Å²) in [5, 5.41) is 0. The predicted molar refractivity (Wildman–Crippen MR) is 29.7 cm³/mol. The van der Waals surface area contributed by atoms with Crippen LogP contribution in [0.25, 0.3) is 0 Å². The second-order valence-electron chi connectivity index (χ2n) is 1.60. The van der Waals surface area contributed by atoms with Crippen LogP contribution in [0.1, 0.15) is 13.3 Å². The number of alkyl halides is 1. The lowest BCUT2D eigenvalue weighted by Crippen LogP contribution is -1.96. The van der Waals surface area contributed by atoms with Crippen LogP contribution in [0.4, 0.5) is 4.39 Å². The van der Waals surface area contributed by atoms with E-state index in [1.165, 1.54) is 0 Å². The molecule has 7 heavy (non-hydrogen) atoms. The first-order valence-corrected chi connectivity index (χ1v) is 2.27. The summed E-state index contributed by atoms with van der Waals surface area (Å²) in [5.41, 5.74) is 0.565. The zero-order chi connectivity index (χ0) is 5.86. The van der Waals surface area contributed by atoms with Crippen LogP contribution >= 0.6 is 0 Å². The minimum atomic E-state index is -0.903. The van der Waals surface area contributed by atoms with Gasteiger partial charge in [-0.1, -0.05) is 13.5 Å². The first-order valence-electron chi connectivity index (χ1n) is 2.27. The average Bonchev–Trinajstić information content (AvgIpc) is 1.65. The molecule has 0 aromatic heterocycles. The molecule has 0 fully saturated rings. The van der Waals surface area contributed by atoms with Gasteiger partial charge in [0.05, 0.1) is 0 Å². The number of hydrogen-bond donors (Lipinski definition) is 0. The van der Waals surface area contributed by atoms with Gasteiger partial charge in [0.15, 0.2) is 0 Å². The maximum atomic E-state index is 12.1. The molecule has 0 heterocycles. The van der Waals surface area contributed by atoms with E-state index in [0.29, 0.717) is 12.0 Å². The second kappa shape index (κ2) is 2.78.